The fourth-order valence-electron chi connectivity index (χ4n) is 1.30. The Kier molecular flexibility index (Phi) is 5.10. The SMILES string of the molecule is CC(C)(C)NCc1ccc(C=CCS)cc1. The average molecular weight is 235 g/mol. The summed E-state index contributed by atoms with van der Waals surface area (Å²) in [5.74, 6) is 0.785. The number of thiol groups is 1. The average Bonchev–Trinajstić information content (AvgIpc) is 2.24. The molecule has 2 heteroatoms. The Balaban J connectivity index is 2.55. The van der Waals surface area contributed by atoms with Crippen LogP contribution in [0.5, 0.6) is 0 Å². The highest BCUT2D eigenvalue weighted by Crippen LogP contribution is 2.08. The van der Waals surface area contributed by atoms with E-state index in [1.54, 1.807) is 0 Å². The molecule has 1 N–H and O–H groups in total. The van der Waals surface area contributed by atoms with Crippen molar-refractivity contribution in [3.63, 3.8) is 0 Å². The van der Waals surface area contributed by atoms with Gasteiger partial charge >= 0.3 is 0 Å². The zero-order chi connectivity index (χ0) is 12.0. The molecule has 0 saturated carbocycles. The molecule has 0 aromatic heterocycles. The normalized spacial score (nSPS) is 12.2. The van der Waals surface area contributed by atoms with Crippen LogP contribution in [-0.4, -0.2) is 11.3 Å². The molecule has 0 bridgehead atoms. The molecule has 0 radical (unpaired) electrons. The monoisotopic (exact) mass is 235 g/mol. The maximum Gasteiger partial charge on any atom is 0.0210 e. The van der Waals surface area contributed by atoms with E-state index in [1.165, 1.54) is 11.1 Å². The number of rotatable bonds is 4. The molecule has 0 unspecified atom stereocenters. The standard InChI is InChI=1S/C14H21NS/c1-14(2,3)15-11-13-8-6-12(7-9-13)5-4-10-16/h4-9,15-16H,10-11H2,1-3H3. The van der Waals surface area contributed by atoms with E-state index >= 15 is 0 Å². The van der Waals surface area contributed by atoms with Crippen molar-refractivity contribution < 1.29 is 0 Å². The Hall–Kier alpha value is -0.730. The summed E-state index contributed by atoms with van der Waals surface area (Å²) in [5, 5.41) is 3.47. The zero-order valence-electron chi connectivity index (χ0n) is 10.3. The van der Waals surface area contributed by atoms with Crippen molar-refractivity contribution in [1.82, 2.24) is 5.32 Å². The fraction of sp³-hybridized carbons (Fsp3) is 0.429. The summed E-state index contributed by atoms with van der Waals surface area (Å²) in [7, 11) is 0. The lowest BCUT2D eigenvalue weighted by Crippen LogP contribution is -2.35. The minimum absolute atomic E-state index is 0.171. The van der Waals surface area contributed by atoms with Crippen molar-refractivity contribution in [1.29, 1.82) is 0 Å². The molecule has 1 aromatic carbocycles. The van der Waals surface area contributed by atoms with Crippen LogP contribution in [0.25, 0.3) is 6.08 Å². The summed E-state index contributed by atoms with van der Waals surface area (Å²) in [6.07, 6.45) is 4.14. The second-order valence-electron chi connectivity index (χ2n) is 4.93. The maximum atomic E-state index is 4.14. The van der Waals surface area contributed by atoms with Gasteiger partial charge in [-0.05, 0) is 31.9 Å². The van der Waals surface area contributed by atoms with Crippen LogP contribution in [0.1, 0.15) is 31.9 Å². The zero-order valence-corrected chi connectivity index (χ0v) is 11.2. The van der Waals surface area contributed by atoms with Gasteiger partial charge in [0.25, 0.3) is 0 Å². The molecule has 0 aliphatic carbocycles. The van der Waals surface area contributed by atoms with Gasteiger partial charge < -0.3 is 5.32 Å². The van der Waals surface area contributed by atoms with Crippen LogP contribution in [0.2, 0.25) is 0 Å². The fourth-order valence-corrected chi connectivity index (χ4v) is 1.41. The number of nitrogens with one attached hydrogen (secondary N) is 1. The van der Waals surface area contributed by atoms with Crippen LogP contribution in [0, 0.1) is 0 Å². The highest BCUT2D eigenvalue weighted by atomic mass is 32.1. The molecule has 0 atom stereocenters. The summed E-state index contributed by atoms with van der Waals surface area (Å²) in [6.45, 7) is 7.45. The largest absolute Gasteiger partial charge is 0.308 e. The third-order valence-electron chi connectivity index (χ3n) is 2.22. The predicted octanol–water partition coefficient (Wildman–Crippen LogP) is 3.52. The van der Waals surface area contributed by atoms with E-state index in [0.29, 0.717) is 0 Å². The summed E-state index contributed by atoms with van der Waals surface area (Å²) >= 11 is 4.14. The van der Waals surface area contributed by atoms with Gasteiger partial charge in [0.15, 0.2) is 0 Å². The number of benzene rings is 1. The van der Waals surface area contributed by atoms with E-state index in [1.807, 2.05) is 6.08 Å². The summed E-state index contributed by atoms with van der Waals surface area (Å²) < 4.78 is 0. The third-order valence-corrected chi connectivity index (χ3v) is 2.43. The molecule has 0 spiro atoms. The molecule has 1 nitrogen and oxygen atoms in total. The van der Waals surface area contributed by atoms with Gasteiger partial charge in [0.1, 0.15) is 0 Å². The number of hydrogen-bond donors (Lipinski definition) is 2. The van der Waals surface area contributed by atoms with Crippen LogP contribution in [0.3, 0.4) is 0 Å². The van der Waals surface area contributed by atoms with Gasteiger partial charge in [0, 0.05) is 17.8 Å². The van der Waals surface area contributed by atoms with Gasteiger partial charge in [0.05, 0.1) is 0 Å². The van der Waals surface area contributed by atoms with E-state index < -0.39 is 0 Å². The number of hydrogen-bond acceptors (Lipinski definition) is 2. The lowest BCUT2D eigenvalue weighted by atomic mass is 10.1. The highest BCUT2D eigenvalue weighted by Gasteiger charge is 2.07. The van der Waals surface area contributed by atoms with Crippen molar-refractivity contribution >= 4 is 18.7 Å². The molecular formula is C14H21NS. The molecular weight excluding hydrogens is 214 g/mol. The second kappa shape index (κ2) is 6.12. The van der Waals surface area contributed by atoms with Gasteiger partial charge in [-0.3, -0.25) is 0 Å². The molecule has 0 saturated heterocycles. The van der Waals surface area contributed by atoms with Gasteiger partial charge in [-0.1, -0.05) is 36.4 Å². The van der Waals surface area contributed by atoms with Gasteiger partial charge in [-0.25, -0.2) is 0 Å². The first-order valence-corrected chi connectivity index (χ1v) is 6.26. The van der Waals surface area contributed by atoms with Crippen LogP contribution < -0.4 is 5.32 Å². The Morgan fingerprint density at radius 2 is 1.81 bits per heavy atom. The van der Waals surface area contributed by atoms with E-state index in [9.17, 15) is 0 Å². The van der Waals surface area contributed by atoms with Crippen LogP contribution in [0.15, 0.2) is 30.3 Å². The third kappa shape index (κ3) is 5.38. The van der Waals surface area contributed by atoms with Crippen molar-refractivity contribution in [2.24, 2.45) is 0 Å². The summed E-state index contributed by atoms with van der Waals surface area (Å²) in [4.78, 5) is 0. The minimum atomic E-state index is 0.171. The topological polar surface area (TPSA) is 12.0 Å². The second-order valence-corrected chi connectivity index (χ2v) is 5.30. The molecule has 1 aromatic rings. The quantitative estimate of drug-likeness (QED) is 0.761. The highest BCUT2D eigenvalue weighted by molar-refractivity contribution is 7.80. The van der Waals surface area contributed by atoms with Crippen molar-refractivity contribution in [3.8, 4) is 0 Å². The Bertz CT molecular complexity index is 333. The van der Waals surface area contributed by atoms with Gasteiger partial charge in [0.2, 0.25) is 0 Å². The van der Waals surface area contributed by atoms with E-state index in [2.05, 4.69) is 69.1 Å². The molecule has 0 fully saturated rings. The van der Waals surface area contributed by atoms with E-state index in [0.717, 1.165) is 12.3 Å². The first-order chi connectivity index (χ1) is 7.51. The molecule has 0 heterocycles. The Morgan fingerprint density at radius 1 is 1.19 bits per heavy atom. The van der Waals surface area contributed by atoms with Crippen molar-refractivity contribution in [3.05, 3.63) is 41.5 Å². The molecule has 16 heavy (non-hydrogen) atoms. The van der Waals surface area contributed by atoms with Crippen molar-refractivity contribution in [2.75, 3.05) is 5.75 Å². The van der Waals surface area contributed by atoms with E-state index in [4.69, 9.17) is 0 Å². The summed E-state index contributed by atoms with van der Waals surface area (Å²) in [6, 6.07) is 8.60. The first-order valence-electron chi connectivity index (χ1n) is 5.62. The van der Waals surface area contributed by atoms with Crippen LogP contribution in [-0.2, 0) is 6.54 Å². The molecule has 0 amide bonds. The summed E-state index contributed by atoms with van der Waals surface area (Å²) in [5.41, 5.74) is 2.72. The lowest BCUT2D eigenvalue weighted by Gasteiger charge is -2.20. The Morgan fingerprint density at radius 3 is 2.31 bits per heavy atom. The van der Waals surface area contributed by atoms with Gasteiger partial charge in [-0.15, -0.1) is 0 Å². The Labute approximate surface area is 104 Å². The van der Waals surface area contributed by atoms with E-state index in [-0.39, 0.29) is 5.54 Å². The van der Waals surface area contributed by atoms with Crippen LogP contribution >= 0.6 is 12.6 Å². The lowest BCUT2D eigenvalue weighted by molar-refractivity contribution is 0.424. The molecule has 88 valence electrons. The molecule has 0 aliphatic rings. The minimum Gasteiger partial charge on any atom is -0.308 e. The van der Waals surface area contributed by atoms with Crippen molar-refractivity contribution in [2.45, 2.75) is 32.9 Å². The predicted molar refractivity (Wildman–Crippen MR) is 75.9 cm³/mol. The van der Waals surface area contributed by atoms with Gasteiger partial charge in [-0.2, -0.15) is 12.6 Å². The molecule has 0 aliphatic heterocycles. The van der Waals surface area contributed by atoms with Crippen LogP contribution in [0.4, 0.5) is 0 Å². The first kappa shape index (κ1) is 13.3. The maximum absolute atomic E-state index is 4.14. The smallest absolute Gasteiger partial charge is 0.0210 e. The molecule has 1 rings (SSSR count).